The van der Waals surface area contributed by atoms with Gasteiger partial charge in [-0.1, -0.05) is 38.0 Å². The summed E-state index contributed by atoms with van der Waals surface area (Å²) in [6, 6.07) is 3.60. The second-order valence-corrected chi connectivity index (χ2v) is 28.5. The van der Waals surface area contributed by atoms with Crippen molar-refractivity contribution < 1.29 is 190 Å². The third-order valence-electron chi connectivity index (χ3n) is 17.5. The fourth-order valence-corrected chi connectivity index (χ4v) is 13.0. The highest BCUT2D eigenvalue weighted by Gasteiger charge is 2.63. The Balaban J connectivity index is 1.72. The minimum absolute atomic E-state index is 0.0169. The zero-order valence-electron chi connectivity index (χ0n) is 68.0. The number of carbonyl (C=O) groups is 16. The van der Waals surface area contributed by atoms with E-state index in [0.717, 1.165) is 96.9 Å². The van der Waals surface area contributed by atoms with Gasteiger partial charge in [-0.2, -0.15) is 0 Å². The zero-order chi connectivity index (χ0) is 87.0. The first-order valence-corrected chi connectivity index (χ1v) is 37.4. The van der Waals surface area contributed by atoms with Crippen LogP contribution in [0.2, 0.25) is 0 Å². The van der Waals surface area contributed by atoms with Crippen LogP contribution in [0.5, 0.6) is 0 Å². The van der Waals surface area contributed by atoms with Gasteiger partial charge >= 0.3 is 83.6 Å². The SMILES string of the molecule is CCCCCO[C@@H]1O[C@H](COC(=O)c2ccccc2)[C@@H](O[C@@H]2O[C@H](COC(=O)C(C)(C)C)[C@H](OC(C)=O)[C@H](O[C@@H]3O[C@H](COC(C)=O)[C@@H](OC(C)=O)[C@H](O[C@@H]4O[C@H](COC(C)=O)[C@H](OC(C)=O)[C@H](OC(C)=O)[C@H]4OC(C)=O)[C@H]3NC(C)=O)[C@H]2OC(C)=O)[C@H](O[C@@H]2O[C@H](COC(C)=O)[C@H](OC(C)=O)[C@H](OC(C)=O)[C@H]2OC(C)=O)[C@H]1NC(C)=O. The van der Waals surface area contributed by atoms with E-state index in [2.05, 4.69) is 10.6 Å². The Bertz CT molecular complexity index is 3640. The third kappa shape index (κ3) is 29.1. The molecule has 2 amide bonds. The molecule has 0 unspecified atom stereocenters. The number of amides is 2. The molecule has 0 radical (unpaired) electrons. The Kier molecular flexibility index (Phi) is 36.8. The summed E-state index contributed by atoms with van der Waals surface area (Å²) in [5.41, 5.74) is -1.34. The lowest BCUT2D eigenvalue weighted by atomic mass is 9.93. The topological polar surface area (TPSA) is 519 Å². The summed E-state index contributed by atoms with van der Waals surface area (Å²) in [7, 11) is 0. The molecule has 0 aromatic heterocycles. The highest BCUT2D eigenvalue weighted by atomic mass is 16.8. The number of benzene rings is 1. The van der Waals surface area contributed by atoms with Gasteiger partial charge in [-0.05, 0) is 39.3 Å². The van der Waals surface area contributed by atoms with Gasteiger partial charge in [-0.15, -0.1) is 0 Å². The Morgan fingerprint density at radius 2 is 0.607 bits per heavy atom. The van der Waals surface area contributed by atoms with Crippen LogP contribution in [0.3, 0.4) is 0 Å². The standard InChI is InChI=1S/C75H104N2O40/c1-19-20-24-27-94-69-53(76-33(2)78)60(115-72-65(106-44(13)89)62(104-42(11)87)57(101-39(8)84)49(111-72)29-96-36(5)81)56(51(109-69)31-98-68(92)47-25-22-21-23-26-47)114-71-67(108-46(15)91)64(59(103-41(10)86)52(113-71)32-99-74(93)75(16,17)18)117-70-54(77-34(3)79)61(55(100-38(7)83)48(110-70)28-95-35(4)80)116-73-66(107-45(14)90)63(105-43(12)88)58(102-40(9)85)50(112-73)30-97-37(6)82/h21-23,25-26,48-67,69-73H,19-20,24,27-32H2,1-18H3,(H,76,78)(H,77,79)/t48-,49-,50-,51-,52-,53-,54-,55-,56-,57+,58+,59+,60-,61-,62+,63+,64+,65-,66-,67-,69-,70+,71+,72+,73+/m1/s1. The Hall–Kier alpha value is -9.66. The van der Waals surface area contributed by atoms with E-state index in [4.69, 9.17) is 114 Å². The largest absolute Gasteiger partial charge is 0.463 e. The lowest BCUT2D eigenvalue weighted by molar-refractivity contribution is -0.387. The van der Waals surface area contributed by atoms with Gasteiger partial charge < -0.3 is 124 Å². The van der Waals surface area contributed by atoms with Crippen molar-refractivity contribution in [2.75, 3.05) is 39.6 Å². The highest BCUT2D eigenvalue weighted by Crippen LogP contribution is 2.42. The van der Waals surface area contributed by atoms with Gasteiger partial charge in [0.25, 0.3) is 0 Å². The summed E-state index contributed by atoms with van der Waals surface area (Å²) >= 11 is 0. The number of hydrogen-bond donors (Lipinski definition) is 2. The van der Waals surface area contributed by atoms with Crippen molar-refractivity contribution in [1.29, 1.82) is 0 Å². The molecule has 5 heterocycles. The Morgan fingerprint density at radius 1 is 0.316 bits per heavy atom. The van der Waals surface area contributed by atoms with Crippen molar-refractivity contribution in [3.8, 4) is 0 Å². The molecule has 117 heavy (non-hydrogen) atoms. The van der Waals surface area contributed by atoms with Crippen LogP contribution in [0, 0.1) is 5.41 Å². The zero-order valence-corrected chi connectivity index (χ0v) is 68.0. The first-order chi connectivity index (χ1) is 55.0. The first kappa shape index (κ1) is 96.2. The van der Waals surface area contributed by atoms with E-state index in [0.29, 0.717) is 19.3 Å². The third-order valence-corrected chi connectivity index (χ3v) is 17.5. The van der Waals surface area contributed by atoms with Gasteiger partial charge in [0.05, 0.1) is 11.0 Å². The molecule has 1 aromatic carbocycles. The van der Waals surface area contributed by atoms with Crippen LogP contribution in [0.1, 0.15) is 154 Å². The van der Waals surface area contributed by atoms with Crippen LogP contribution < -0.4 is 10.6 Å². The molecule has 2 N–H and O–H groups in total. The lowest BCUT2D eigenvalue weighted by Gasteiger charge is -2.52. The number of ether oxygens (including phenoxy) is 24. The molecule has 42 nitrogen and oxygen atoms in total. The molecule has 0 spiro atoms. The molecule has 0 aliphatic carbocycles. The quantitative estimate of drug-likeness (QED) is 0.0541. The predicted molar refractivity (Wildman–Crippen MR) is 381 cm³/mol. The van der Waals surface area contributed by atoms with E-state index >= 15 is 0 Å². The van der Waals surface area contributed by atoms with E-state index in [1.165, 1.54) is 45.0 Å². The van der Waals surface area contributed by atoms with Crippen LogP contribution in [0.15, 0.2) is 30.3 Å². The van der Waals surface area contributed by atoms with Gasteiger partial charge in [0.15, 0.2) is 86.4 Å². The molecule has 5 fully saturated rings. The number of carbonyl (C=O) groups excluding carboxylic acids is 16. The van der Waals surface area contributed by atoms with E-state index < -0.39 is 287 Å². The predicted octanol–water partition coefficient (Wildman–Crippen LogP) is 0.889. The van der Waals surface area contributed by atoms with Crippen molar-refractivity contribution in [3.05, 3.63) is 35.9 Å². The van der Waals surface area contributed by atoms with Gasteiger partial charge in [-0.3, -0.25) is 71.9 Å². The molecule has 0 bridgehead atoms. The molecular weight excluding hydrogens is 1570 g/mol. The molecule has 42 heteroatoms. The molecule has 1 aromatic rings. The maximum atomic E-state index is 14.3. The maximum Gasteiger partial charge on any atom is 0.338 e. The van der Waals surface area contributed by atoms with Crippen LogP contribution >= 0.6 is 0 Å². The van der Waals surface area contributed by atoms with Crippen LogP contribution in [0.4, 0.5) is 0 Å². The summed E-state index contributed by atoms with van der Waals surface area (Å²) < 4.78 is 148. The lowest BCUT2D eigenvalue weighted by Crippen LogP contribution is -2.72. The number of hydrogen-bond acceptors (Lipinski definition) is 40. The average Bonchev–Trinajstić information content (AvgIpc) is 0.757. The maximum absolute atomic E-state index is 14.3. The van der Waals surface area contributed by atoms with Gasteiger partial charge in [0.1, 0.15) is 100 Å². The molecule has 654 valence electrons. The number of nitrogens with one attached hydrogen (secondary N) is 2. The van der Waals surface area contributed by atoms with Gasteiger partial charge in [0, 0.05) is 104 Å². The number of unbranched alkanes of at least 4 members (excludes halogenated alkanes) is 2. The van der Waals surface area contributed by atoms with Gasteiger partial charge in [0.2, 0.25) is 11.8 Å². The van der Waals surface area contributed by atoms with Crippen molar-refractivity contribution in [2.45, 2.75) is 297 Å². The number of rotatable bonds is 35. The second kappa shape index (κ2) is 44.8. The Morgan fingerprint density at radius 3 is 0.974 bits per heavy atom. The molecule has 5 saturated heterocycles. The van der Waals surface area contributed by atoms with Crippen molar-refractivity contribution in [1.82, 2.24) is 10.6 Å². The van der Waals surface area contributed by atoms with Crippen LogP contribution in [-0.2, 0) is 186 Å². The molecular formula is C75H104N2O40. The van der Waals surface area contributed by atoms with Crippen molar-refractivity contribution in [2.24, 2.45) is 5.41 Å². The van der Waals surface area contributed by atoms with Crippen LogP contribution in [-0.4, -0.2) is 288 Å². The summed E-state index contributed by atoms with van der Waals surface area (Å²) in [6.45, 7) is 15.1. The molecule has 6 rings (SSSR count). The molecule has 5 aliphatic heterocycles. The fourth-order valence-electron chi connectivity index (χ4n) is 13.0. The van der Waals surface area contributed by atoms with Crippen molar-refractivity contribution >= 4 is 95.4 Å². The first-order valence-electron chi connectivity index (χ1n) is 37.4. The highest BCUT2D eigenvalue weighted by molar-refractivity contribution is 5.89. The van der Waals surface area contributed by atoms with Crippen LogP contribution in [0.25, 0.3) is 0 Å². The summed E-state index contributed by atoms with van der Waals surface area (Å²) in [4.78, 5) is 215. The Labute approximate surface area is 672 Å². The second-order valence-electron chi connectivity index (χ2n) is 28.5. The van der Waals surface area contributed by atoms with E-state index in [9.17, 15) is 76.7 Å². The smallest absolute Gasteiger partial charge is 0.338 e. The average molecular weight is 1670 g/mol. The molecule has 5 aliphatic rings. The van der Waals surface area contributed by atoms with E-state index in [1.54, 1.807) is 6.07 Å². The fraction of sp³-hybridized carbons (Fsp3) is 0.707. The molecule has 0 saturated carbocycles. The van der Waals surface area contributed by atoms with E-state index in [-0.39, 0.29) is 12.2 Å². The summed E-state index contributed by atoms with van der Waals surface area (Å²) in [5.74, 6) is -16.6. The minimum atomic E-state index is -2.40. The van der Waals surface area contributed by atoms with Gasteiger partial charge in [-0.25, -0.2) is 4.79 Å². The van der Waals surface area contributed by atoms with E-state index in [1.807, 2.05) is 6.92 Å². The summed E-state index contributed by atoms with van der Waals surface area (Å²) in [6.07, 6.45) is -45.1. The normalized spacial score (nSPS) is 30.7. The summed E-state index contributed by atoms with van der Waals surface area (Å²) in [5, 5.41) is 5.32. The van der Waals surface area contributed by atoms with Crippen molar-refractivity contribution in [3.63, 3.8) is 0 Å². The minimum Gasteiger partial charge on any atom is -0.463 e. The monoisotopic (exact) mass is 1670 g/mol. The molecule has 25 atom stereocenters. The number of esters is 14.